The van der Waals surface area contributed by atoms with E-state index < -0.39 is 37.5 Å². The van der Waals surface area contributed by atoms with Gasteiger partial charge in [0.15, 0.2) is 9.84 Å². The van der Waals surface area contributed by atoms with Crippen molar-refractivity contribution < 1.29 is 26.8 Å². The zero-order valence-corrected chi connectivity index (χ0v) is 18.4. The first-order valence-corrected chi connectivity index (χ1v) is 12.7. The Balaban J connectivity index is 0.000000766. The lowest BCUT2D eigenvalue weighted by Crippen LogP contribution is -2.42. The van der Waals surface area contributed by atoms with E-state index in [1.165, 1.54) is 6.07 Å². The Kier molecular flexibility index (Phi) is 3.92. The number of hydrogen-bond acceptors (Lipinski definition) is 4. The third kappa shape index (κ3) is 2.92. The van der Waals surface area contributed by atoms with Gasteiger partial charge in [0.25, 0.3) is 0 Å². The number of sulfone groups is 1. The highest BCUT2D eigenvalue weighted by Gasteiger charge is 2.45. The number of allylic oxidation sites excluding steroid dienone is 1. The van der Waals surface area contributed by atoms with Gasteiger partial charge in [-0.2, -0.15) is 0 Å². The van der Waals surface area contributed by atoms with Gasteiger partial charge in [-0.05, 0) is 47.5 Å². The molecule has 0 aromatic heterocycles. The molecule has 3 aromatic rings. The molecule has 6 rings (SSSR count). The average molecular weight is 474 g/mol. The number of rotatable bonds is 1. The summed E-state index contributed by atoms with van der Waals surface area (Å²) in [5.41, 5.74) is 2.96. The molecule has 2 heterocycles. The van der Waals surface area contributed by atoms with Crippen molar-refractivity contribution in [2.75, 3.05) is 4.90 Å². The van der Waals surface area contributed by atoms with E-state index in [2.05, 4.69) is 0 Å². The van der Waals surface area contributed by atoms with Gasteiger partial charge >= 0.3 is 0 Å². The molecule has 32 heavy (non-hydrogen) atoms. The van der Waals surface area contributed by atoms with Gasteiger partial charge in [0.05, 0.1) is 25.8 Å². The van der Waals surface area contributed by atoms with Crippen LogP contribution in [-0.4, -0.2) is 28.6 Å². The van der Waals surface area contributed by atoms with Crippen molar-refractivity contribution in [3.8, 4) is 0 Å². The zero-order valence-electron chi connectivity index (χ0n) is 22.8. The maximum atomic E-state index is 13.5. The van der Waals surface area contributed by atoms with Gasteiger partial charge in [0.2, 0.25) is 0 Å². The summed E-state index contributed by atoms with van der Waals surface area (Å²) in [5, 5.41) is -1.64. The summed E-state index contributed by atoms with van der Waals surface area (Å²) in [5.74, 6) is 0. The summed E-state index contributed by atoms with van der Waals surface area (Å²) in [6.07, 6.45) is 3.50. The van der Waals surface area contributed by atoms with Crippen molar-refractivity contribution in [2.24, 2.45) is 0 Å². The van der Waals surface area contributed by atoms with E-state index in [-0.39, 0.29) is 10.4 Å². The second-order valence-corrected chi connectivity index (χ2v) is 11.3. The molecule has 1 aliphatic carbocycles. The van der Waals surface area contributed by atoms with Crippen LogP contribution in [0.1, 0.15) is 19.8 Å². The van der Waals surface area contributed by atoms with Gasteiger partial charge in [-0.1, -0.05) is 54.6 Å². The molecule has 3 atom stereocenters. The van der Waals surface area contributed by atoms with E-state index in [9.17, 15) is 12.6 Å². The topological polar surface area (TPSA) is 85.9 Å². The van der Waals surface area contributed by atoms with Crippen molar-refractivity contribution in [3.05, 3.63) is 108 Å². The quantitative estimate of drug-likeness (QED) is 0.531. The molecule has 0 fully saturated rings. The van der Waals surface area contributed by atoms with Crippen molar-refractivity contribution >= 4 is 32.0 Å². The number of anilines is 2. The Bertz CT molecular complexity index is 1480. The molecule has 166 valence electrons. The van der Waals surface area contributed by atoms with Gasteiger partial charge < -0.3 is 10.4 Å². The molecule has 2 aliphatic heterocycles. The van der Waals surface area contributed by atoms with Crippen LogP contribution in [0, 0.1) is 0 Å². The molecule has 3 aromatic carbocycles. The highest BCUT2D eigenvalue weighted by molar-refractivity contribution is 7.96. The first kappa shape index (κ1) is 16.6. The normalized spacial score (nSPS) is 27.2. The summed E-state index contributed by atoms with van der Waals surface area (Å²) in [6.45, 7) is 0. The Morgan fingerprint density at radius 1 is 0.969 bits per heavy atom. The molecule has 0 amide bonds. The van der Waals surface area contributed by atoms with Crippen molar-refractivity contribution in [1.29, 1.82) is 0 Å². The molecule has 0 bridgehead atoms. The molecule has 7 heteroatoms. The highest BCUT2D eigenvalue weighted by Crippen LogP contribution is 2.44. The summed E-state index contributed by atoms with van der Waals surface area (Å²) < 4.78 is 77.8. The Hall–Kier alpha value is -3.00. The minimum absolute atomic E-state index is 0. The van der Waals surface area contributed by atoms with E-state index in [4.69, 9.17) is 8.68 Å². The van der Waals surface area contributed by atoms with Crippen LogP contribution >= 0.6 is 0 Å². The van der Waals surface area contributed by atoms with Gasteiger partial charge in [0, 0.05) is 32.1 Å². The smallest absolute Gasteiger partial charge is 0.187 e. The highest BCUT2D eigenvalue weighted by atomic mass is 32.2. The molecule has 3 aliphatic rings. The molecule has 0 saturated carbocycles. The van der Waals surface area contributed by atoms with Crippen LogP contribution in [0.25, 0.3) is 0 Å². The zero-order chi connectivity index (χ0) is 27.0. The Morgan fingerprint density at radius 2 is 1.56 bits per heavy atom. The first-order chi connectivity index (χ1) is 17.8. The third-order valence-electron chi connectivity index (χ3n) is 5.91. The molecule has 5 nitrogen and oxygen atoms in total. The van der Waals surface area contributed by atoms with Gasteiger partial charge in [0.1, 0.15) is 5.25 Å². The van der Waals surface area contributed by atoms with Crippen LogP contribution in [0.2, 0.25) is 0 Å². The standard InChI is InChI=1S/C25H19NO3S2.H2O.2H2/c27-30-22-11-5-6-12-24(22)31(28,29)25-16-19(13-14-23(25)30)26-20-9-3-1-7-17(20)15-18-8-2-4-10-21(18)26;;;/h1-14,16,23,25H,15H2;1H2;2*1H/i15D2;;2*1+1D. The lowest BCUT2D eigenvalue weighted by molar-refractivity contribution is 0.580. The van der Waals surface area contributed by atoms with Crippen molar-refractivity contribution in [2.45, 2.75) is 26.7 Å². The van der Waals surface area contributed by atoms with Crippen LogP contribution in [0.3, 0.4) is 0 Å². The fourth-order valence-electron chi connectivity index (χ4n) is 4.48. The van der Waals surface area contributed by atoms with Gasteiger partial charge in [-0.3, -0.25) is 4.21 Å². The van der Waals surface area contributed by atoms with E-state index in [0.717, 1.165) is 0 Å². The third-order valence-corrected chi connectivity index (χ3v) is 10.1. The van der Waals surface area contributed by atoms with E-state index in [1.807, 2.05) is 29.2 Å². The molecule has 0 saturated heterocycles. The van der Waals surface area contributed by atoms with Crippen LogP contribution < -0.4 is 4.90 Å². The molecule has 2 N–H and O–H groups in total. The second kappa shape index (κ2) is 7.55. The summed E-state index contributed by atoms with van der Waals surface area (Å²) in [4.78, 5) is 2.37. The maximum absolute atomic E-state index is 13.5. The monoisotopic (exact) mass is 473 g/mol. The Morgan fingerprint density at radius 3 is 2.25 bits per heavy atom. The van der Waals surface area contributed by atoms with E-state index in [1.54, 1.807) is 60.7 Å². The summed E-state index contributed by atoms with van der Waals surface area (Å²) in [6, 6.07) is 21.0. The SMILES string of the molecule is O.[2H]C1([2H])c2ccccc2N(C2=CC3C(C=C2)S(=O)c2ccccc2S3(=O)=O)c2ccccc21.[2H][2H].[2H][2H]. The summed E-state index contributed by atoms with van der Waals surface area (Å²) >= 11 is 0. The predicted octanol–water partition coefficient (Wildman–Crippen LogP) is 4.18. The number of para-hydroxylation sites is 2. The molecule has 0 radical (unpaired) electrons. The largest absolute Gasteiger partial charge is 0.412 e. The fraction of sp³-hybridized carbons (Fsp3) is 0.120. The fourth-order valence-corrected chi connectivity index (χ4v) is 8.80. The molecule has 3 unspecified atom stereocenters. The van der Waals surface area contributed by atoms with Crippen LogP contribution in [-0.2, 0) is 27.0 Å². The lowest BCUT2D eigenvalue weighted by Gasteiger charge is -2.37. The number of fused-ring (bicyclic) bond motifs is 4. The molecular weight excluding hydrogens is 442 g/mol. The first-order valence-electron chi connectivity index (χ1n) is 12.9. The lowest BCUT2D eigenvalue weighted by atomic mass is 9.94. The van der Waals surface area contributed by atoms with E-state index >= 15 is 0 Å². The van der Waals surface area contributed by atoms with Crippen LogP contribution in [0.5, 0.6) is 0 Å². The van der Waals surface area contributed by atoms with Crippen molar-refractivity contribution in [1.82, 2.24) is 0 Å². The van der Waals surface area contributed by atoms with Gasteiger partial charge in [-0.25, -0.2) is 8.42 Å². The Labute approximate surface area is 198 Å². The van der Waals surface area contributed by atoms with E-state index in [0.29, 0.717) is 33.1 Å². The number of benzene rings is 3. The second-order valence-electron chi connectivity index (χ2n) is 7.66. The average Bonchev–Trinajstić information content (AvgIpc) is 2.94. The maximum Gasteiger partial charge on any atom is 0.187 e. The van der Waals surface area contributed by atoms with Gasteiger partial charge in [-0.15, -0.1) is 0 Å². The molecule has 0 spiro atoms. The predicted molar refractivity (Wildman–Crippen MR) is 131 cm³/mol. The summed E-state index contributed by atoms with van der Waals surface area (Å²) in [7, 11) is -5.24. The van der Waals surface area contributed by atoms with Crippen LogP contribution in [0.15, 0.2) is 107 Å². The number of hydrogen-bond donors (Lipinski definition) is 0. The minimum Gasteiger partial charge on any atom is -0.412 e. The van der Waals surface area contributed by atoms with Crippen molar-refractivity contribution in [3.63, 3.8) is 0 Å². The number of nitrogens with zero attached hydrogens (tertiary/aromatic N) is 1. The molecular formula is C25H25NO4S2. The van der Waals surface area contributed by atoms with Crippen LogP contribution in [0.4, 0.5) is 11.4 Å². The minimum atomic E-state index is -3.75.